The Hall–Kier alpha value is -0.610. The van der Waals surface area contributed by atoms with Crippen LogP contribution in [0.4, 0.5) is 0 Å². The van der Waals surface area contributed by atoms with Crippen molar-refractivity contribution in [2.75, 3.05) is 26.2 Å². The van der Waals surface area contributed by atoms with Crippen molar-refractivity contribution in [1.82, 2.24) is 4.90 Å². The zero-order valence-corrected chi connectivity index (χ0v) is 13.7. The van der Waals surface area contributed by atoms with Crippen molar-refractivity contribution in [3.63, 3.8) is 0 Å². The third-order valence-electron chi connectivity index (χ3n) is 3.84. The lowest BCUT2D eigenvalue weighted by atomic mass is 9.84. The number of unbranched alkanes of at least 4 members (excludes halogenated alkanes) is 3. The lowest BCUT2D eigenvalue weighted by Crippen LogP contribution is -2.35. The van der Waals surface area contributed by atoms with Gasteiger partial charge < -0.3 is 15.7 Å². The summed E-state index contributed by atoms with van der Waals surface area (Å²) in [5, 5.41) is 9.09. The monoisotopic (exact) mass is 286 g/mol. The minimum atomic E-state index is 0.0473. The number of aliphatic hydroxyl groups is 1. The molecule has 0 aliphatic carbocycles. The van der Waals surface area contributed by atoms with E-state index in [4.69, 9.17) is 10.8 Å². The Morgan fingerprint density at radius 1 is 1.15 bits per heavy atom. The van der Waals surface area contributed by atoms with Crippen LogP contribution in [0.25, 0.3) is 0 Å². The molecule has 0 saturated carbocycles. The standard InChI is InChI=1S/C16H34N2O2/c1-4-5-6-7-12-18(13-14-19)15(20)8-9-16(2,3)10-11-17/h19H,4-14,17H2,1-3H3. The lowest BCUT2D eigenvalue weighted by molar-refractivity contribution is -0.132. The summed E-state index contributed by atoms with van der Waals surface area (Å²) < 4.78 is 0. The molecular formula is C16H34N2O2. The SMILES string of the molecule is CCCCCCN(CCO)C(=O)CCC(C)(C)CCN. The second-order valence-electron chi connectivity index (χ2n) is 6.37. The topological polar surface area (TPSA) is 66.6 Å². The van der Waals surface area contributed by atoms with Crippen LogP contribution in [0.1, 0.15) is 65.7 Å². The van der Waals surface area contributed by atoms with E-state index in [0.29, 0.717) is 19.5 Å². The average Bonchev–Trinajstić information content (AvgIpc) is 2.39. The van der Waals surface area contributed by atoms with Crippen LogP contribution >= 0.6 is 0 Å². The van der Waals surface area contributed by atoms with Crippen molar-refractivity contribution in [1.29, 1.82) is 0 Å². The van der Waals surface area contributed by atoms with Crippen molar-refractivity contribution >= 4 is 5.91 Å². The molecule has 0 atom stereocenters. The van der Waals surface area contributed by atoms with E-state index in [0.717, 1.165) is 32.2 Å². The van der Waals surface area contributed by atoms with Gasteiger partial charge in [0.25, 0.3) is 0 Å². The van der Waals surface area contributed by atoms with Gasteiger partial charge in [0.2, 0.25) is 5.91 Å². The fraction of sp³-hybridized carbons (Fsp3) is 0.938. The van der Waals surface area contributed by atoms with Crippen molar-refractivity contribution in [2.24, 2.45) is 11.1 Å². The van der Waals surface area contributed by atoms with Gasteiger partial charge in [0, 0.05) is 19.5 Å². The molecule has 0 spiro atoms. The number of carbonyl (C=O) groups is 1. The molecular weight excluding hydrogens is 252 g/mol. The molecule has 0 aliphatic heterocycles. The molecule has 0 saturated heterocycles. The summed E-state index contributed by atoms with van der Waals surface area (Å²) in [6.07, 6.45) is 6.96. The van der Waals surface area contributed by atoms with Crippen molar-refractivity contribution < 1.29 is 9.90 Å². The smallest absolute Gasteiger partial charge is 0.222 e. The van der Waals surface area contributed by atoms with Gasteiger partial charge in [0.15, 0.2) is 0 Å². The van der Waals surface area contributed by atoms with Gasteiger partial charge in [-0.05, 0) is 31.2 Å². The van der Waals surface area contributed by atoms with E-state index < -0.39 is 0 Å². The van der Waals surface area contributed by atoms with Gasteiger partial charge >= 0.3 is 0 Å². The number of carbonyl (C=O) groups excluding carboxylic acids is 1. The van der Waals surface area contributed by atoms with Crippen LogP contribution < -0.4 is 5.73 Å². The molecule has 0 aromatic heterocycles. The number of nitrogens with zero attached hydrogens (tertiary/aromatic N) is 1. The predicted molar refractivity (Wildman–Crippen MR) is 84.5 cm³/mol. The van der Waals surface area contributed by atoms with Gasteiger partial charge in [-0.1, -0.05) is 40.0 Å². The number of rotatable bonds is 12. The Kier molecular flexibility index (Phi) is 10.8. The first-order chi connectivity index (χ1) is 9.46. The second-order valence-corrected chi connectivity index (χ2v) is 6.37. The predicted octanol–water partition coefficient (Wildman–Crippen LogP) is 2.54. The van der Waals surface area contributed by atoms with Crippen LogP contribution in [0, 0.1) is 5.41 Å². The number of aliphatic hydroxyl groups excluding tert-OH is 1. The minimum Gasteiger partial charge on any atom is -0.395 e. The molecule has 0 bridgehead atoms. The van der Waals surface area contributed by atoms with Crippen LogP contribution in [-0.4, -0.2) is 42.2 Å². The number of nitrogens with two attached hydrogens (primary N) is 1. The van der Waals surface area contributed by atoms with Gasteiger partial charge in [-0.2, -0.15) is 0 Å². The first-order valence-corrected chi connectivity index (χ1v) is 8.05. The van der Waals surface area contributed by atoms with Crippen molar-refractivity contribution in [2.45, 2.75) is 65.7 Å². The quantitative estimate of drug-likeness (QED) is 0.542. The van der Waals surface area contributed by atoms with Gasteiger partial charge in [-0.15, -0.1) is 0 Å². The highest BCUT2D eigenvalue weighted by Gasteiger charge is 2.20. The molecule has 0 aromatic carbocycles. The fourth-order valence-electron chi connectivity index (χ4n) is 2.33. The van der Waals surface area contributed by atoms with Crippen molar-refractivity contribution in [3.05, 3.63) is 0 Å². The third-order valence-corrected chi connectivity index (χ3v) is 3.84. The summed E-state index contributed by atoms with van der Waals surface area (Å²) in [5.41, 5.74) is 5.72. The molecule has 4 nitrogen and oxygen atoms in total. The van der Waals surface area contributed by atoms with Crippen molar-refractivity contribution in [3.8, 4) is 0 Å². The molecule has 0 rings (SSSR count). The maximum absolute atomic E-state index is 12.2. The van der Waals surface area contributed by atoms with Crippen LogP contribution in [0.2, 0.25) is 0 Å². The highest BCUT2D eigenvalue weighted by Crippen LogP contribution is 2.26. The summed E-state index contributed by atoms with van der Waals surface area (Å²) in [4.78, 5) is 14.0. The Labute approximate surface area is 124 Å². The molecule has 3 N–H and O–H groups in total. The van der Waals surface area contributed by atoms with E-state index in [1.165, 1.54) is 12.8 Å². The van der Waals surface area contributed by atoms with Crippen LogP contribution in [-0.2, 0) is 4.79 Å². The average molecular weight is 286 g/mol. The molecule has 0 aliphatic rings. The van der Waals surface area contributed by atoms with Crippen LogP contribution in [0.5, 0.6) is 0 Å². The van der Waals surface area contributed by atoms with E-state index in [2.05, 4.69) is 20.8 Å². The van der Waals surface area contributed by atoms with E-state index in [9.17, 15) is 4.79 Å². The Balaban J connectivity index is 4.14. The Morgan fingerprint density at radius 2 is 1.85 bits per heavy atom. The summed E-state index contributed by atoms with van der Waals surface area (Å²) in [6.45, 7) is 8.44. The largest absolute Gasteiger partial charge is 0.395 e. The molecule has 4 heteroatoms. The summed E-state index contributed by atoms with van der Waals surface area (Å²) >= 11 is 0. The summed E-state index contributed by atoms with van der Waals surface area (Å²) in [5.74, 6) is 0.167. The first kappa shape index (κ1) is 19.4. The number of amides is 1. The van der Waals surface area contributed by atoms with Gasteiger partial charge in [0.05, 0.1) is 6.61 Å². The third kappa shape index (κ3) is 9.32. The second kappa shape index (κ2) is 11.1. The highest BCUT2D eigenvalue weighted by molar-refractivity contribution is 5.76. The summed E-state index contributed by atoms with van der Waals surface area (Å²) in [7, 11) is 0. The van der Waals surface area contributed by atoms with Gasteiger partial charge in [0.1, 0.15) is 0 Å². The first-order valence-electron chi connectivity index (χ1n) is 8.05. The Morgan fingerprint density at radius 3 is 2.40 bits per heavy atom. The maximum Gasteiger partial charge on any atom is 0.222 e. The minimum absolute atomic E-state index is 0.0473. The lowest BCUT2D eigenvalue weighted by Gasteiger charge is -2.26. The normalized spacial score (nSPS) is 11.7. The highest BCUT2D eigenvalue weighted by atomic mass is 16.3. The molecule has 120 valence electrons. The summed E-state index contributed by atoms with van der Waals surface area (Å²) in [6, 6.07) is 0. The Bertz CT molecular complexity index is 255. The zero-order chi connectivity index (χ0) is 15.4. The van der Waals surface area contributed by atoms with E-state index in [-0.39, 0.29) is 17.9 Å². The molecule has 20 heavy (non-hydrogen) atoms. The van der Waals surface area contributed by atoms with Crippen LogP contribution in [0.15, 0.2) is 0 Å². The van der Waals surface area contributed by atoms with E-state index in [1.807, 2.05) is 4.90 Å². The zero-order valence-electron chi connectivity index (χ0n) is 13.7. The number of hydrogen-bond donors (Lipinski definition) is 2. The van der Waals surface area contributed by atoms with Crippen LogP contribution in [0.3, 0.4) is 0 Å². The molecule has 0 fully saturated rings. The fourth-order valence-corrected chi connectivity index (χ4v) is 2.33. The van der Waals surface area contributed by atoms with E-state index >= 15 is 0 Å². The van der Waals surface area contributed by atoms with E-state index in [1.54, 1.807) is 0 Å². The molecule has 0 aromatic rings. The molecule has 1 amide bonds. The van der Waals surface area contributed by atoms with Gasteiger partial charge in [-0.25, -0.2) is 0 Å². The molecule has 0 heterocycles. The molecule has 0 radical (unpaired) electrons. The number of hydrogen-bond acceptors (Lipinski definition) is 3. The van der Waals surface area contributed by atoms with Gasteiger partial charge in [-0.3, -0.25) is 4.79 Å². The maximum atomic E-state index is 12.2. The molecule has 0 unspecified atom stereocenters.